The van der Waals surface area contributed by atoms with Crippen molar-refractivity contribution in [1.82, 2.24) is 5.32 Å². The lowest BCUT2D eigenvalue weighted by molar-refractivity contribution is -0.387. The molecule has 0 amide bonds. The molecule has 0 unspecified atom stereocenters. The molecule has 16 heavy (non-hydrogen) atoms. The van der Waals surface area contributed by atoms with E-state index in [1.807, 2.05) is 0 Å². The first-order chi connectivity index (χ1) is 7.57. The van der Waals surface area contributed by atoms with E-state index in [0.29, 0.717) is 24.4 Å². The summed E-state index contributed by atoms with van der Waals surface area (Å²) >= 11 is 0. The average molecular weight is 224 g/mol. The third-order valence-electron chi connectivity index (χ3n) is 2.74. The Morgan fingerprint density at radius 2 is 2.25 bits per heavy atom. The predicted octanol–water partition coefficient (Wildman–Crippen LogP) is 0.394. The summed E-state index contributed by atoms with van der Waals surface area (Å²) in [5.74, 6) is 0.409. The maximum absolute atomic E-state index is 10.9. The summed E-state index contributed by atoms with van der Waals surface area (Å²) in [6.07, 6.45) is 0. The van der Waals surface area contributed by atoms with Crippen LogP contribution in [0.3, 0.4) is 0 Å². The van der Waals surface area contributed by atoms with Crippen molar-refractivity contribution in [3.8, 4) is 5.75 Å². The Bertz CT molecular complexity index is 429. The first-order valence-electron chi connectivity index (χ1n) is 4.83. The molecule has 86 valence electrons. The van der Waals surface area contributed by atoms with Gasteiger partial charge in [-0.05, 0) is 12.1 Å². The number of nitro benzene ring substituents is 1. The molecule has 1 aromatic carbocycles. The van der Waals surface area contributed by atoms with Gasteiger partial charge in [0.2, 0.25) is 0 Å². The number of aliphatic hydroxyl groups is 1. The third kappa shape index (κ3) is 1.62. The highest BCUT2D eigenvalue weighted by molar-refractivity contribution is 5.50. The number of rotatable bonds is 3. The van der Waals surface area contributed by atoms with Crippen LogP contribution < -0.4 is 10.1 Å². The second kappa shape index (κ2) is 3.73. The van der Waals surface area contributed by atoms with Gasteiger partial charge in [0.1, 0.15) is 11.4 Å². The molecular formula is C10H12N2O4. The summed E-state index contributed by atoms with van der Waals surface area (Å²) in [5, 5.41) is 23.9. The Labute approximate surface area is 92.0 Å². The normalized spacial score (nSPS) is 17.6. The van der Waals surface area contributed by atoms with Crippen molar-refractivity contribution < 1.29 is 14.8 Å². The summed E-state index contributed by atoms with van der Waals surface area (Å²) in [4.78, 5) is 10.4. The Kier molecular flexibility index (Phi) is 2.53. The minimum absolute atomic E-state index is 0.108. The van der Waals surface area contributed by atoms with Gasteiger partial charge in [-0.15, -0.1) is 0 Å². The number of hydrogen-bond acceptors (Lipinski definition) is 5. The largest absolute Gasteiger partial charge is 0.497 e. The standard InChI is InChI=1S/C10H12N2O4/c1-16-7-2-3-8(9(4-7)12(14)15)10(13)5-11-6-10/h2-4,11,13H,5-6H2,1H3. The van der Waals surface area contributed by atoms with Crippen LogP contribution >= 0.6 is 0 Å². The second-order valence-electron chi connectivity index (χ2n) is 3.78. The topological polar surface area (TPSA) is 84.6 Å². The Morgan fingerprint density at radius 1 is 1.56 bits per heavy atom. The van der Waals surface area contributed by atoms with Gasteiger partial charge in [-0.1, -0.05) is 0 Å². The van der Waals surface area contributed by atoms with Gasteiger partial charge >= 0.3 is 0 Å². The van der Waals surface area contributed by atoms with Crippen molar-refractivity contribution in [2.75, 3.05) is 20.2 Å². The molecule has 0 radical (unpaired) electrons. The molecule has 0 saturated carbocycles. The number of β-amino-alcohol motifs (C(OH)–C–C–N with tert-alkyl or cyclic N) is 1. The quantitative estimate of drug-likeness (QED) is 0.573. The molecule has 1 aromatic rings. The predicted molar refractivity (Wildman–Crippen MR) is 56.4 cm³/mol. The zero-order valence-electron chi connectivity index (χ0n) is 8.77. The van der Waals surface area contributed by atoms with Crippen molar-refractivity contribution in [3.63, 3.8) is 0 Å². The average Bonchev–Trinajstić information content (AvgIpc) is 2.25. The van der Waals surface area contributed by atoms with Crippen LogP contribution in [0.5, 0.6) is 5.75 Å². The lowest BCUT2D eigenvalue weighted by Gasteiger charge is -2.37. The van der Waals surface area contributed by atoms with Gasteiger partial charge in [0.15, 0.2) is 0 Å². The highest BCUT2D eigenvalue weighted by Gasteiger charge is 2.41. The minimum atomic E-state index is -1.13. The number of ether oxygens (including phenoxy) is 1. The molecule has 1 aliphatic heterocycles. The molecule has 2 N–H and O–H groups in total. The zero-order chi connectivity index (χ0) is 11.8. The fraction of sp³-hybridized carbons (Fsp3) is 0.400. The van der Waals surface area contributed by atoms with Crippen molar-refractivity contribution >= 4 is 5.69 Å². The van der Waals surface area contributed by atoms with E-state index < -0.39 is 10.5 Å². The van der Waals surface area contributed by atoms with Gasteiger partial charge in [-0.2, -0.15) is 0 Å². The van der Waals surface area contributed by atoms with Crippen molar-refractivity contribution in [2.24, 2.45) is 0 Å². The number of hydrogen-bond donors (Lipinski definition) is 2. The molecule has 1 aliphatic rings. The SMILES string of the molecule is COc1ccc(C2(O)CNC2)c([N+](=O)[O-])c1. The lowest BCUT2D eigenvalue weighted by Crippen LogP contribution is -2.56. The Morgan fingerprint density at radius 3 is 2.69 bits per heavy atom. The van der Waals surface area contributed by atoms with Gasteiger partial charge in [-0.25, -0.2) is 0 Å². The molecule has 0 atom stereocenters. The summed E-state index contributed by atoms with van der Waals surface area (Å²) in [6, 6.07) is 4.47. The van der Waals surface area contributed by atoms with E-state index in [1.54, 1.807) is 6.07 Å². The molecule has 6 nitrogen and oxygen atoms in total. The molecule has 0 spiro atoms. The molecule has 2 rings (SSSR count). The fourth-order valence-electron chi connectivity index (χ4n) is 1.74. The maximum Gasteiger partial charge on any atom is 0.279 e. The van der Waals surface area contributed by atoms with Crippen LogP contribution in [0.2, 0.25) is 0 Å². The molecule has 0 aliphatic carbocycles. The summed E-state index contributed by atoms with van der Waals surface area (Å²) in [7, 11) is 1.44. The molecule has 1 saturated heterocycles. The van der Waals surface area contributed by atoms with Crippen LogP contribution in [0, 0.1) is 10.1 Å². The number of nitrogens with zero attached hydrogens (tertiary/aromatic N) is 1. The Balaban J connectivity index is 2.48. The Hall–Kier alpha value is -1.66. The lowest BCUT2D eigenvalue weighted by atomic mass is 9.87. The van der Waals surface area contributed by atoms with E-state index in [2.05, 4.69) is 5.32 Å². The molecule has 1 heterocycles. The second-order valence-corrected chi connectivity index (χ2v) is 3.78. The maximum atomic E-state index is 10.9. The van der Waals surface area contributed by atoms with Crippen molar-refractivity contribution in [2.45, 2.75) is 5.60 Å². The van der Waals surface area contributed by atoms with E-state index >= 15 is 0 Å². The monoisotopic (exact) mass is 224 g/mol. The fourth-order valence-corrected chi connectivity index (χ4v) is 1.74. The summed E-state index contributed by atoms with van der Waals surface area (Å²) in [6.45, 7) is 0.667. The highest BCUT2D eigenvalue weighted by Crippen LogP contribution is 2.35. The first kappa shape index (κ1) is 10.8. The van der Waals surface area contributed by atoms with Gasteiger partial charge < -0.3 is 15.2 Å². The van der Waals surface area contributed by atoms with Crippen LogP contribution in [-0.4, -0.2) is 30.2 Å². The zero-order valence-corrected chi connectivity index (χ0v) is 8.77. The van der Waals surface area contributed by atoms with Crippen LogP contribution in [0.25, 0.3) is 0 Å². The van der Waals surface area contributed by atoms with Gasteiger partial charge in [0, 0.05) is 13.1 Å². The third-order valence-corrected chi connectivity index (χ3v) is 2.74. The molecular weight excluding hydrogens is 212 g/mol. The van der Waals surface area contributed by atoms with Crippen LogP contribution in [0.4, 0.5) is 5.69 Å². The molecule has 6 heteroatoms. The van der Waals surface area contributed by atoms with Crippen LogP contribution in [-0.2, 0) is 5.60 Å². The van der Waals surface area contributed by atoms with E-state index in [0.717, 1.165) is 0 Å². The number of nitrogens with one attached hydrogen (secondary N) is 1. The van der Waals surface area contributed by atoms with Crippen molar-refractivity contribution in [1.29, 1.82) is 0 Å². The van der Waals surface area contributed by atoms with Gasteiger partial charge in [-0.3, -0.25) is 10.1 Å². The van der Waals surface area contributed by atoms with E-state index in [1.165, 1.54) is 19.2 Å². The van der Waals surface area contributed by atoms with E-state index in [-0.39, 0.29) is 5.69 Å². The molecule has 1 fully saturated rings. The first-order valence-corrected chi connectivity index (χ1v) is 4.83. The number of methoxy groups -OCH3 is 1. The van der Waals surface area contributed by atoms with Crippen LogP contribution in [0.1, 0.15) is 5.56 Å². The molecule has 0 aromatic heterocycles. The van der Waals surface area contributed by atoms with Gasteiger partial charge in [0.25, 0.3) is 5.69 Å². The highest BCUT2D eigenvalue weighted by atomic mass is 16.6. The summed E-state index contributed by atoms with van der Waals surface area (Å²) < 4.78 is 4.92. The number of nitro groups is 1. The minimum Gasteiger partial charge on any atom is -0.497 e. The number of benzene rings is 1. The molecule has 0 bridgehead atoms. The van der Waals surface area contributed by atoms with Crippen LogP contribution in [0.15, 0.2) is 18.2 Å². The van der Waals surface area contributed by atoms with Gasteiger partial charge in [0.05, 0.1) is 23.7 Å². The van der Waals surface area contributed by atoms with E-state index in [4.69, 9.17) is 4.74 Å². The van der Waals surface area contributed by atoms with Crippen molar-refractivity contribution in [3.05, 3.63) is 33.9 Å². The van der Waals surface area contributed by atoms with E-state index in [9.17, 15) is 15.2 Å². The smallest absolute Gasteiger partial charge is 0.279 e. The summed E-state index contributed by atoms with van der Waals surface area (Å²) in [5.41, 5.74) is -0.908.